The molecule has 5 aromatic carbocycles. The van der Waals surface area contributed by atoms with Gasteiger partial charge in [-0.05, 0) is 108 Å². The molecule has 0 saturated carbocycles. The van der Waals surface area contributed by atoms with Crippen LogP contribution in [0.3, 0.4) is 0 Å². The van der Waals surface area contributed by atoms with Gasteiger partial charge < -0.3 is 69.7 Å². The molecule has 3 aromatic heterocycles. The third-order valence-electron chi connectivity index (χ3n) is 17.1. The van der Waals surface area contributed by atoms with Crippen molar-refractivity contribution >= 4 is 68.6 Å². The zero-order valence-electron chi connectivity index (χ0n) is 58.0. The first kappa shape index (κ1) is 77.1. The number of amides is 5. The number of likely N-dealkylation sites (N-methyl/N-ethyl adjacent to an activating group) is 1. The predicted octanol–water partition coefficient (Wildman–Crippen LogP) is 9.96. The SMILES string of the molecule is COc1ccccc1-c1nccc(COc2ccccc2C[C@@H](Oc2ncnc3sc(-c4ccc(F)cc4)c(-c4ccc(OCCN5CC[N+](C)(Cc6ccc(NC(=O)[C@H](CCCNC(N)=O)NC(=O)[C@@H](NC(=O)COCCOCCOCCN=[N+]=[N-])C(C)C)cc6)CC5)c(Cl)c4C)c23)C(=O)O)n1. The van der Waals surface area contributed by atoms with E-state index < -0.39 is 53.7 Å². The minimum absolute atomic E-state index is 0.0266. The molecule has 0 bridgehead atoms. The standard InChI is InChI=1S/C73H84ClFN14O13S/c1-46(2)65(86-61(90)44-99-40-39-98-38-37-97-35-29-82-87-77)69(92)85-56(13-10-27-79-73(76)95)68(91)84-52-22-16-48(17-23-52)42-89(4)33-30-88(31-34-89)32-36-100-59-25-24-54(47(3)64(59)74)62-63-70(80-45-81-71(63)103-66(62)49-18-20-51(75)21-19-49)102-60(72(93)94)41-50-11-6-8-14-57(50)101-43-53-26-28-78-67(83-53)55-12-7-9-15-58(55)96-5/h6-9,11-12,14-26,28,45-46,56,60,65H,10,13,27,29-44H2,1-5H3,(H6-,76,79,84,85,86,90,91,92,93,94,95)/p+1/t56-,60+,65-/m0/s1. The number of carboxylic acid groups (broad SMARTS) is 1. The van der Waals surface area contributed by atoms with Gasteiger partial charge in [-0.25, -0.2) is 33.9 Å². The summed E-state index contributed by atoms with van der Waals surface area (Å²) in [5.41, 5.74) is 19.7. The highest BCUT2D eigenvalue weighted by Gasteiger charge is 2.33. The van der Waals surface area contributed by atoms with E-state index in [0.717, 1.165) is 48.3 Å². The van der Waals surface area contributed by atoms with Gasteiger partial charge in [0.25, 0.3) is 0 Å². The zero-order chi connectivity index (χ0) is 73.3. The molecular weight excluding hydrogens is 1370 g/mol. The molecular formula is C73H85ClFN14O13S+. The largest absolute Gasteiger partial charge is 0.496 e. The van der Waals surface area contributed by atoms with Crippen molar-refractivity contribution in [2.45, 2.75) is 71.4 Å². The number of halogens is 2. The molecule has 1 fully saturated rings. The Hall–Kier alpha value is -10.1. The number of carbonyl (C=O) groups excluding carboxylic acids is 4. The molecule has 3 atom stereocenters. The van der Waals surface area contributed by atoms with Crippen LogP contribution in [0.1, 0.15) is 49.1 Å². The van der Waals surface area contributed by atoms with Gasteiger partial charge in [0.1, 0.15) is 72.7 Å². The first-order valence-corrected chi connectivity index (χ1v) is 34.8. The number of aliphatic carboxylic acids is 1. The number of fused-ring (bicyclic) bond motifs is 1. The number of carboxylic acids is 1. The Morgan fingerprint density at radius 1 is 0.825 bits per heavy atom. The number of hydrogen-bond acceptors (Lipinski definition) is 19. The highest BCUT2D eigenvalue weighted by atomic mass is 35.5. The molecule has 0 aliphatic carbocycles. The van der Waals surface area contributed by atoms with Crippen molar-refractivity contribution in [1.82, 2.24) is 40.8 Å². The van der Waals surface area contributed by atoms with Crippen LogP contribution in [0.25, 0.3) is 53.6 Å². The van der Waals surface area contributed by atoms with E-state index in [1.54, 1.807) is 75.7 Å². The predicted molar refractivity (Wildman–Crippen MR) is 387 cm³/mol. The van der Waals surface area contributed by atoms with Crippen molar-refractivity contribution in [1.29, 1.82) is 0 Å². The lowest BCUT2D eigenvalue weighted by molar-refractivity contribution is -0.926. The third-order valence-corrected chi connectivity index (χ3v) is 18.7. The molecule has 8 aromatic rings. The van der Waals surface area contributed by atoms with E-state index in [0.29, 0.717) is 109 Å². The zero-order valence-corrected chi connectivity index (χ0v) is 59.6. The molecule has 7 N–H and O–H groups in total. The Bertz CT molecular complexity index is 4240. The van der Waals surface area contributed by atoms with Gasteiger partial charge in [0, 0.05) is 71.9 Å². The number of thiophene rings is 1. The monoisotopic (exact) mass is 1450 g/mol. The fourth-order valence-electron chi connectivity index (χ4n) is 11.6. The van der Waals surface area contributed by atoms with Gasteiger partial charge in [0.05, 0.1) is 81.9 Å². The second-order valence-electron chi connectivity index (χ2n) is 25.0. The van der Waals surface area contributed by atoms with Crippen molar-refractivity contribution < 1.29 is 71.1 Å². The van der Waals surface area contributed by atoms with Crippen LogP contribution in [0, 0.1) is 18.7 Å². The van der Waals surface area contributed by atoms with E-state index in [9.17, 15) is 33.5 Å². The lowest BCUT2D eigenvalue weighted by atomic mass is 9.96. The molecule has 0 spiro atoms. The molecule has 5 amide bonds. The fourth-order valence-corrected chi connectivity index (χ4v) is 13.0. The maximum atomic E-state index is 14.5. The van der Waals surface area contributed by atoms with Crippen molar-refractivity contribution in [2.75, 3.05) is 112 Å². The molecule has 30 heteroatoms. The number of primary amides is 1. The summed E-state index contributed by atoms with van der Waals surface area (Å²) in [6, 6.07) is 30.9. The number of nitrogens with two attached hydrogens (primary N) is 1. The number of piperazine rings is 1. The highest BCUT2D eigenvalue weighted by Crippen LogP contribution is 2.50. The van der Waals surface area contributed by atoms with Gasteiger partial charge >= 0.3 is 12.0 Å². The lowest BCUT2D eigenvalue weighted by Crippen LogP contribution is -2.57. The van der Waals surface area contributed by atoms with Crippen molar-refractivity contribution in [3.63, 3.8) is 0 Å². The lowest BCUT2D eigenvalue weighted by Gasteiger charge is -2.42. The van der Waals surface area contributed by atoms with Crippen LogP contribution in [-0.4, -0.2) is 189 Å². The maximum Gasteiger partial charge on any atom is 0.345 e. The Labute approximate surface area is 604 Å². The number of carbonyl (C=O) groups is 5. The Balaban J connectivity index is 0.792. The Kier molecular flexibility index (Phi) is 28.6. The summed E-state index contributed by atoms with van der Waals surface area (Å²) in [6.45, 7) is 11.7. The van der Waals surface area contributed by atoms with Gasteiger partial charge in [-0.2, -0.15) is 0 Å². The van der Waals surface area contributed by atoms with Gasteiger partial charge in [-0.1, -0.05) is 91.2 Å². The van der Waals surface area contributed by atoms with Crippen LogP contribution in [-0.2, 0) is 53.0 Å². The summed E-state index contributed by atoms with van der Waals surface area (Å²) in [5, 5.41) is 25.9. The smallest absolute Gasteiger partial charge is 0.345 e. The van der Waals surface area contributed by atoms with Crippen LogP contribution >= 0.6 is 22.9 Å². The summed E-state index contributed by atoms with van der Waals surface area (Å²) in [5.74, 6) is -1.58. The van der Waals surface area contributed by atoms with E-state index in [1.807, 2.05) is 61.5 Å². The van der Waals surface area contributed by atoms with Gasteiger partial charge in [-0.3, -0.25) is 19.3 Å². The molecule has 0 radical (unpaired) electrons. The van der Waals surface area contributed by atoms with E-state index >= 15 is 0 Å². The Morgan fingerprint density at radius 2 is 1.54 bits per heavy atom. The van der Waals surface area contributed by atoms with Gasteiger partial charge in [0.2, 0.25) is 29.7 Å². The fraction of sp³-hybridized carbons (Fsp3) is 0.384. The summed E-state index contributed by atoms with van der Waals surface area (Å²) >= 11 is 8.57. The molecule has 27 nitrogen and oxygen atoms in total. The van der Waals surface area contributed by atoms with Gasteiger partial charge in [-0.15, -0.1) is 11.3 Å². The van der Waals surface area contributed by atoms with E-state index in [4.69, 9.17) is 61.0 Å². The highest BCUT2D eigenvalue weighted by molar-refractivity contribution is 7.22. The van der Waals surface area contributed by atoms with E-state index in [1.165, 1.54) is 29.8 Å². The van der Waals surface area contributed by atoms with Crippen LogP contribution in [0.2, 0.25) is 5.02 Å². The maximum absolute atomic E-state index is 14.5. The number of rotatable bonds is 39. The quantitative estimate of drug-likeness (QED) is 0.00685. The Morgan fingerprint density at radius 3 is 2.26 bits per heavy atom. The molecule has 1 aliphatic rings. The van der Waals surface area contributed by atoms with Crippen molar-refractivity contribution in [2.24, 2.45) is 16.8 Å². The summed E-state index contributed by atoms with van der Waals surface area (Å²) in [4.78, 5) is 89.7. The minimum Gasteiger partial charge on any atom is -0.496 e. The second kappa shape index (κ2) is 38.2. The molecule has 103 heavy (non-hydrogen) atoms. The number of urea groups is 1. The number of benzene rings is 5. The van der Waals surface area contributed by atoms with Crippen LogP contribution < -0.4 is 45.9 Å². The molecule has 0 unspecified atom stereocenters. The summed E-state index contributed by atoms with van der Waals surface area (Å²) in [7, 11) is 3.80. The molecule has 544 valence electrons. The average molecular weight is 1450 g/mol. The number of para-hydroxylation sites is 2. The number of aromatic nitrogens is 4. The second-order valence-corrected chi connectivity index (χ2v) is 26.3. The molecule has 9 rings (SSSR count). The van der Waals surface area contributed by atoms with Crippen molar-refractivity contribution in [3.8, 4) is 56.1 Å². The molecule has 4 heterocycles. The van der Waals surface area contributed by atoms with E-state index in [2.05, 4.69) is 58.2 Å². The normalized spacial score (nSPS) is 13.6. The number of hydrogen-bond donors (Lipinski definition) is 6. The number of quaternary nitrogens is 1. The first-order chi connectivity index (χ1) is 49.8. The molecule has 1 saturated heterocycles. The number of nitrogens with zero attached hydrogens (tertiary/aromatic N) is 9. The first-order valence-electron chi connectivity index (χ1n) is 33.6. The summed E-state index contributed by atoms with van der Waals surface area (Å²) in [6.07, 6.45) is 1.89. The number of ether oxygens (including phenoxy) is 7. The number of azide groups is 1. The van der Waals surface area contributed by atoms with Crippen molar-refractivity contribution in [3.05, 3.63) is 171 Å². The topological polar surface area (TPSA) is 348 Å². The minimum atomic E-state index is -1.44. The van der Waals surface area contributed by atoms with Gasteiger partial charge in [0.15, 0.2) is 5.82 Å². The molecule has 1 aliphatic heterocycles. The third kappa shape index (κ3) is 22.2. The number of methoxy groups -OCH3 is 1. The summed E-state index contributed by atoms with van der Waals surface area (Å²) < 4.78 is 56.1. The van der Waals surface area contributed by atoms with Crippen LogP contribution in [0.5, 0.6) is 23.1 Å². The number of nitrogens with one attached hydrogen (secondary N) is 4. The van der Waals surface area contributed by atoms with Crippen LogP contribution in [0.15, 0.2) is 133 Å². The number of anilines is 1. The van der Waals surface area contributed by atoms with E-state index in [-0.39, 0.29) is 77.4 Å². The van der Waals surface area contributed by atoms with Crippen LogP contribution in [0.4, 0.5) is 14.9 Å². The average Bonchev–Trinajstić information content (AvgIpc) is 1.61.